The van der Waals surface area contributed by atoms with Gasteiger partial charge in [-0.15, -0.1) is 0 Å². The van der Waals surface area contributed by atoms with Gasteiger partial charge in [-0.25, -0.2) is 0 Å². The second-order valence-corrected chi connectivity index (χ2v) is 5.85. The minimum absolute atomic E-state index is 0.0385. The van der Waals surface area contributed by atoms with Crippen LogP contribution in [0.5, 0.6) is 0 Å². The van der Waals surface area contributed by atoms with E-state index < -0.39 is 0 Å². The molecule has 0 radical (unpaired) electrons. The lowest BCUT2D eigenvalue weighted by Crippen LogP contribution is -2.25. The molecule has 0 N–H and O–H groups in total. The van der Waals surface area contributed by atoms with Crippen LogP contribution in [0.1, 0.15) is 39.2 Å². The van der Waals surface area contributed by atoms with Crippen LogP contribution >= 0.6 is 0 Å². The Bertz CT molecular complexity index is 403. The van der Waals surface area contributed by atoms with Crippen LogP contribution < -0.4 is 0 Å². The number of benzene rings is 1. The minimum Gasteiger partial charge on any atom is -0.460 e. The molecular weight excluding hydrogens is 212 g/mol. The lowest BCUT2D eigenvalue weighted by molar-refractivity contribution is -0.156. The molecule has 0 spiro atoms. The Kier molecular flexibility index (Phi) is 2.98. The standard InChI is InChI=1S/C15H20O2/c1-10-12(11-8-6-5-7-9-11)13(10)14(16)17-15(2,3)4/h5-10,12-13H,1-4H3/t10-,12+,13?/m0/s1. The van der Waals surface area contributed by atoms with E-state index in [2.05, 4.69) is 19.1 Å². The number of ether oxygens (including phenoxy) is 1. The van der Waals surface area contributed by atoms with Crippen LogP contribution in [0.2, 0.25) is 0 Å². The summed E-state index contributed by atoms with van der Waals surface area (Å²) in [5.74, 6) is 0.716. The molecule has 1 fully saturated rings. The zero-order chi connectivity index (χ0) is 12.6. The fourth-order valence-electron chi connectivity index (χ4n) is 2.38. The van der Waals surface area contributed by atoms with Crippen LogP contribution in [0.4, 0.5) is 0 Å². The Hall–Kier alpha value is -1.31. The number of carbonyl (C=O) groups excluding carboxylic acids is 1. The largest absolute Gasteiger partial charge is 0.460 e. The zero-order valence-electron chi connectivity index (χ0n) is 10.9. The highest BCUT2D eigenvalue weighted by molar-refractivity contribution is 5.78. The van der Waals surface area contributed by atoms with Gasteiger partial charge in [0.2, 0.25) is 0 Å². The van der Waals surface area contributed by atoms with Crippen LogP contribution in [0.15, 0.2) is 30.3 Å². The summed E-state index contributed by atoms with van der Waals surface area (Å²) >= 11 is 0. The third-order valence-corrected chi connectivity index (χ3v) is 3.24. The molecule has 2 nitrogen and oxygen atoms in total. The monoisotopic (exact) mass is 232 g/mol. The van der Waals surface area contributed by atoms with E-state index in [-0.39, 0.29) is 17.5 Å². The predicted octanol–water partition coefficient (Wildman–Crippen LogP) is 3.38. The number of rotatable bonds is 2. The third kappa shape index (κ3) is 2.68. The molecule has 92 valence electrons. The molecule has 0 saturated heterocycles. The summed E-state index contributed by atoms with van der Waals surface area (Å²) in [4.78, 5) is 12.0. The number of carbonyl (C=O) groups is 1. The molecule has 1 aliphatic carbocycles. The Balaban J connectivity index is 2.04. The van der Waals surface area contributed by atoms with Gasteiger partial charge in [0.25, 0.3) is 0 Å². The molecule has 1 aliphatic rings. The van der Waals surface area contributed by atoms with Gasteiger partial charge in [0.05, 0.1) is 5.92 Å². The van der Waals surface area contributed by atoms with Crippen molar-refractivity contribution in [2.24, 2.45) is 11.8 Å². The zero-order valence-corrected chi connectivity index (χ0v) is 10.9. The van der Waals surface area contributed by atoms with Gasteiger partial charge in [-0.3, -0.25) is 4.79 Å². The molecule has 3 atom stereocenters. The fraction of sp³-hybridized carbons (Fsp3) is 0.533. The maximum atomic E-state index is 12.0. The number of hydrogen-bond donors (Lipinski definition) is 0. The lowest BCUT2D eigenvalue weighted by Gasteiger charge is -2.19. The summed E-state index contributed by atoms with van der Waals surface area (Å²) in [6, 6.07) is 10.2. The van der Waals surface area contributed by atoms with Crippen molar-refractivity contribution in [1.82, 2.24) is 0 Å². The van der Waals surface area contributed by atoms with Gasteiger partial charge < -0.3 is 4.74 Å². The van der Waals surface area contributed by atoms with Crippen molar-refractivity contribution in [1.29, 1.82) is 0 Å². The van der Waals surface area contributed by atoms with Crippen LogP contribution in [0.3, 0.4) is 0 Å². The predicted molar refractivity (Wildman–Crippen MR) is 67.7 cm³/mol. The molecule has 1 aromatic rings. The Morgan fingerprint density at radius 2 is 1.76 bits per heavy atom. The second-order valence-electron chi connectivity index (χ2n) is 5.85. The summed E-state index contributed by atoms with van der Waals surface area (Å²) < 4.78 is 5.44. The Morgan fingerprint density at radius 3 is 2.29 bits per heavy atom. The topological polar surface area (TPSA) is 26.3 Å². The summed E-state index contributed by atoms with van der Waals surface area (Å²) in [6.07, 6.45) is 0. The molecule has 1 aromatic carbocycles. The van der Waals surface area contributed by atoms with Crippen molar-refractivity contribution in [3.05, 3.63) is 35.9 Å². The van der Waals surface area contributed by atoms with E-state index in [0.717, 1.165) is 0 Å². The van der Waals surface area contributed by atoms with Gasteiger partial charge in [0.1, 0.15) is 5.60 Å². The number of esters is 1. The Morgan fingerprint density at radius 1 is 1.18 bits per heavy atom. The molecule has 0 heterocycles. The molecule has 0 aromatic heterocycles. The average Bonchev–Trinajstić information content (AvgIpc) is 2.89. The molecule has 0 aliphatic heterocycles. The molecule has 0 bridgehead atoms. The normalized spacial score (nSPS) is 27.6. The van der Waals surface area contributed by atoms with Crippen molar-refractivity contribution in [2.75, 3.05) is 0 Å². The van der Waals surface area contributed by atoms with Gasteiger partial charge in [-0.1, -0.05) is 37.3 Å². The smallest absolute Gasteiger partial charge is 0.310 e. The van der Waals surface area contributed by atoms with E-state index >= 15 is 0 Å². The fourth-order valence-corrected chi connectivity index (χ4v) is 2.38. The highest BCUT2D eigenvalue weighted by Gasteiger charge is 2.53. The molecular formula is C15H20O2. The van der Waals surface area contributed by atoms with Crippen molar-refractivity contribution in [3.63, 3.8) is 0 Å². The van der Waals surface area contributed by atoms with Gasteiger partial charge in [-0.05, 0) is 32.3 Å². The van der Waals surface area contributed by atoms with Gasteiger partial charge in [0.15, 0.2) is 0 Å². The van der Waals surface area contributed by atoms with Gasteiger partial charge in [0, 0.05) is 5.92 Å². The first-order valence-corrected chi connectivity index (χ1v) is 6.18. The van der Waals surface area contributed by atoms with Crippen LogP contribution in [-0.4, -0.2) is 11.6 Å². The first-order valence-electron chi connectivity index (χ1n) is 6.18. The van der Waals surface area contributed by atoms with Gasteiger partial charge in [-0.2, -0.15) is 0 Å². The summed E-state index contributed by atoms with van der Waals surface area (Å²) in [6.45, 7) is 7.85. The molecule has 0 amide bonds. The van der Waals surface area contributed by atoms with Crippen LogP contribution in [-0.2, 0) is 9.53 Å². The van der Waals surface area contributed by atoms with Crippen LogP contribution in [0.25, 0.3) is 0 Å². The quantitative estimate of drug-likeness (QED) is 0.731. The summed E-state index contributed by atoms with van der Waals surface area (Å²) in [5.41, 5.74) is 0.858. The highest BCUT2D eigenvalue weighted by atomic mass is 16.6. The molecule has 17 heavy (non-hydrogen) atoms. The first kappa shape index (κ1) is 12.2. The molecule has 2 rings (SSSR count). The maximum Gasteiger partial charge on any atom is 0.310 e. The van der Waals surface area contributed by atoms with Crippen molar-refractivity contribution >= 4 is 5.97 Å². The molecule has 1 unspecified atom stereocenters. The van der Waals surface area contributed by atoms with Crippen molar-refractivity contribution in [3.8, 4) is 0 Å². The Labute approximate surface area is 103 Å². The maximum absolute atomic E-state index is 12.0. The summed E-state index contributed by atoms with van der Waals surface area (Å²) in [7, 11) is 0. The SMILES string of the molecule is C[C@@H]1C(C(=O)OC(C)(C)C)[C@H]1c1ccccc1. The average molecular weight is 232 g/mol. The van der Waals surface area contributed by atoms with E-state index in [1.807, 2.05) is 39.0 Å². The summed E-state index contributed by atoms with van der Waals surface area (Å²) in [5, 5.41) is 0. The molecule has 2 heteroatoms. The van der Waals surface area contributed by atoms with Crippen molar-refractivity contribution in [2.45, 2.75) is 39.2 Å². The van der Waals surface area contributed by atoms with Crippen molar-refractivity contribution < 1.29 is 9.53 Å². The third-order valence-electron chi connectivity index (χ3n) is 3.24. The van der Waals surface area contributed by atoms with E-state index in [0.29, 0.717) is 11.8 Å². The van der Waals surface area contributed by atoms with E-state index in [1.165, 1.54) is 5.56 Å². The molecule has 1 saturated carbocycles. The number of hydrogen-bond acceptors (Lipinski definition) is 2. The van der Waals surface area contributed by atoms with E-state index in [1.54, 1.807) is 0 Å². The lowest BCUT2D eigenvalue weighted by atomic mass is 10.1. The second kappa shape index (κ2) is 4.17. The highest BCUT2D eigenvalue weighted by Crippen LogP contribution is 2.54. The van der Waals surface area contributed by atoms with Crippen LogP contribution in [0, 0.1) is 11.8 Å². The van der Waals surface area contributed by atoms with E-state index in [9.17, 15) is 4.79 Å². The van der Waals surface area contributed by atoms with E-state index in [4.69, 9.17) is 4.74 Å². The minimum atomic E-state index is -0.388. The van der Waals surface area contributed by atoms with Gasteiger partial charge >= 0.3 is 5.97 Å². The first-order chi connectivity index (χ1) is 7.90.